The van der Waals surface area contributed by atoms with Crippen molar-refractivity contribution in [1.82, 2.24) is 9.80 Å². The van der Waals surface area contributed by atoms with Crippen LogP contribution in [0.5, 0.6) is 5.75 Å². The summed E-state index contributed by atoms with van der Waals surface area (Å²) >= 11 is 12.1. The smallest absolute Gasteiger partial charge is 0.323 e. The van der Waals surface area contributed by atoms with Crippen molar-refractivity contribution < 1.29 is 14.3 Å². The Morgan fingerprint density at radius 3 is 2.30 bits per heavy atom. The van der Waals surface area contributed by atoms with Gasteiger partial charge in [0.25, 0.3) is 0 Å². The molecule has 0 radical (unpaired) electrons. The van der Waals surface area contributed by atoms with Crippen molar-refractivity contribution in [3.63, 3.8) is 0 Å². The third-order valence-corrected chi connectivity index (χ3v) is 7.10. The highest BCUT2D eigenvalue weighted by Gasteiger charge is 2.33. The first kappa shape index (κ1) is 23.6. The van der Waals surface area contributed by atoms with Crippen LogP contribution in [-0.2, 0) is 9.53 Å². The number of benzene rings is 1. The van der Waals surface area contributed by atoms with Crippen LogP contribution in [-0.4, -0.2) is 67.7 Å². The number of hydrogen-bond acceptors (Lipinski definition) is 5. The lowest BCUT2D eigenvalue weighted by atomic mass is 9.92. The van der Waals surface area contributed by atoms with Crippen molar-refractivity contribution in [1.29, 1.82) is 0 Å². The van der Waals surface area contributed by atoms with E-state index in [1.54, 1.807) is 12.1 Å². The first-order chi connectivity index (χ1) is 14.4. The zero-order valence-corrected chi connectivity index (χ0v) is 19.8. The lowest BCUT2D eigenvalue weighted by Crippen LogP contribution is -2.50. The number of halogens is 2. The molecule has 0 unspecified atom stereocenters. The molecular formula is C23H34Cl2N2O3. The summed E-state index contributed by atoms with van der Waals surface area (Å²) in [5.74, 6) is 1.65. The summed E-state index contributed by atoms with van der Waals surface area (Å²) in [7, 11) is 1.49. The van der Waals surface area contributed by atoms with Crippen molar-refractivity contribution in [2.75, 3.05) is 39.8 Å². The van der Waals surface area contributed by atoms with Gasteiger partial charge < -0.3 is 14.4 Å². The topological polar surface area (TPSA) is 42.0 Å². The summed E-state index contributed by atoms with van der Waals surface area (Å²) < 4.78 is 11.1. The molecule has 2 aliphatic rings. The second kappa shape index (κ2) is 11.0. The van der Waals surface area contributed by atoms with Gasteiger partial charge in [-0.1, -0.05) is 37.0 Å². The fourth-order valence-electron chi connectivity index (χ4n) is 4.69. The molecule has 1 aromatic rings. The Balaban J connectivity index is 1.40. The molecule has 2 aliphatic heterocycles. The average molecular weight is 457 g/mol. The first-order valence-corrected chi connectivity index (χ1v) is 11.8. The summed E-state index contributed by atoms with van der Waals surface area (Å²) in [6.07, 6.45) is 4.56. The van der Waals surface area contributed by atoms with Crippen LogP contribution < -0.4 is 4.74 Å². The Labute approximate surface area is 190 Å². The highest BCUT2D eigenvalue weighted by atomic mass is 35.5. The Morgan fingerprint density at radius 2 is 1.73 bits per heavy atom. The molecule has 2 heterocycles. The molecule has 7 heteroatoms. The Kier molecular flexibility index (Phi) is 8.70. The number of piperidine rings is 2. The number of hydrogen-bond donors (Lipinski definition) is 0. The number of nitrogens with zero attached hydrogens (tertiary/aromatic N) is 2. The normalized spacial score (nSPS) is 21.0. The Morgan fingerprint density at radius 1 is 1.07 bits per heavy atom. The monoisotopic (exact) mass is 456 g/mol. The lowest BCUT2D eigenvalue weighted by molar-refractivity contribution is -0.149. The summed E-state index contributed by atoms with van der Waals surface area (Å²) in [6.45, 7) is 9.39. The molecule has 1 aromatic carbocycles. The molecule has 2 fully saturated rings. The van der Waals surface area contributed by atoms with Gasteiger partial charge in [0.05, 0.1) is 17.2 Å². The molecule has 0 N–H and O–H groups in total. The second-order valence-electron chi connectivity index (χ2n) is 8.89. The van der Waals surface area contributed by atoms with Crippen LogP contribution >= 0.6 is 23.2 Å². The Bertz CT molecular complexity index is 700. The van der Waals surface area contributed by atoms with Crippen LogP contribution in [0.15, 0.2) is 18.2 Å². The largest absolute Gasteiger partial charge is 0.490 e. The molecule has 30 heavy (non-hydrogen) atoms. The van der Waals surface area contributed by atoms with Crippen molar-refractivity contribution in [3.05, 3.63) is 28.2 Å². The molecule has 0 amide bonds. The zero-order valence-electron chi connectivity index (χ0n) is 18.3. The van der Waals surface area contributed by atoms with Crippen LogP contribution in [0, 0.1) is 11.8 Å². The number of rotatable bonds is 7. The quantitative estimate of drug-likeness (QED) is 0.553. The summed E-state index contributed by atoms with van der Waals surface area (Å²) in [4.78, 5) is 17.0. The van der Waals surface area contributed by atoms with E-state index < -0.39 is 0 Å². The van der Waals surface area contributed by atoms with Gasteiger partial charge in [-0.2, -0.15) is 0 Å². The van der Waals surface area contributed by atoms with E-state index in [0.29, 0.717) is 16.0 Å². The standard InChI is InChI=1S/C23H34Cl2N2O3/c1-16(2)22(23(28)29-3)27-12-6-17(7-13-27)15-26-10-8-18(9-11-26)30-19-4-5-20(24)21(25)14-19/h4-5,14,16-18,22H,6-13,15H2,1-3H3/t22-/m0/s1. The van der Waals surface area contributed by atoms with E-state index in [1.165, 1.54) is 7.11 Å². The van der Waals surface area contributed by atoms with Crippen LogP contribution in [0.25, 0.3) is 0 Å². The predicted molar refractivity (Wildman–Crippen MR) is 121 cm³/mol. The van der Waals surface area contributed by atoms with Gasteiger partial charge in [0, 0.05) is 25.7 Å². The molecule has 168 valence electrons. The van der Waals surface area contributed by atoms with E-state index in [9.17, 15) is 4.79 Å². The van der Waals surface area contributed by atoms with Gasteiger partial charge in [-0.25, -0.2) is 0 Å². The van der Waals surface area contributed by atoms with Gasteiger partial charge in [-0.05, 0) is 62.7 Å². The summed E-state index contributed by atoms with van der Waals surface area (Å²) in [5, 5.41) is 1.08. The van der Waals surface area contributed by atoms with Crippen LogP contribution in [0.4, 0.5) is 0 Å². The minimum absolute atomic E-state index is 0.104. The fraction of sp³-hybridized carbons (Fsp3) is 0.696. The van der Waals surface area contributed by atoms with E-state index in [1.807, 2.05) is 6.07 Å². The fourth-order valence-corrected chi connectivity index (χ4v) is 4.98. The van der Waals surface area contributed by atoms with Gasteiger partial charge in [-0.3, -0.25) is 9.69 Å². The van der Waals surface area contributed by atoms with Gasteiger partial charge in [0.2, 0.25) is 0 Å². The maximum atomic E-state index is 12.2. The van der Waals surface area contributed by atoms with E-state index >= 15 is 0 Å². The first-order valence-electron chi connectivity index (χ1n) is 11.0. The number of ether oxygens (including phenoxy) is 2. The predicted octanol–water partition coefficient (Wildman–Crippen LogP) is 4.75. The maximum Gasteiger partial charge on any atom is 0.323 e. The lowest BCUT2D eigenvalue weighted by Gasteiger charge is -2.40. The molecule has 3 rings (SSSR count). The van der Waals surface area contributed by atoms with Gasteiger partial charge in [-0.15, -0.1) is 0 Å². The highest BCUT2D eigenvalue weighted by Crippen LogP contribution is 2.29. The van der Waals surface area contributed by atoms with E-state index in [-0.39, 0.29) is 24.0 Å². The zero-order chi connectivity index (χ0) is 21.7. The third kappa shape index (κ3) is 6.25. The van der Waals surface area contributed by atoms with E-state index in [0.717, 1.165) is 64.2 Å². The van der Waals surface area contributed by atoms with Gasteiger partial charge >= 0.3 is 5.97 Å². The maximum absolute atomic E-state index is 12.2. The number of likely N-dealkylation sites (tertiary alicyclic amines) is 2. The molecule has 0 aliphatic carbocycles. The van der Waals surface area contributed by atoms with Gasteiger partial charge in [0.1, 0.15) is 17.9 Å². The van der Waals surface area contributed by atoms with Crippen molar-refractivity contribution >= 4 is 29.2 Å². The number of carbonyl (C=O) groups excluding carboxylic acids is 1. The molecular weight excluding hydrogens is 423 g/mol. The van der Waals surface area contributed by atoms with Crippen molar-refractivity contribution in [3.8, 4) is 5.75 Å². The minimum Gasteiger partial charge on any atom is -0.490 e. The Hall–Kier alpha value is -1.01. The van der Waals surface area contributed by atoms with Crippen molar-refractivity contribution in [2.45, 2.75) is 51.7 Å². The second-order valence-corrected chi connectivity index (χ2v) is 9.70. The molecule has 2 saturated heterocycles. The highest BCUT2D eigenvalue weighted by molar-refractivity contribution is 6.42. The summed E-state index contributed by atoms with van der Waals surface area (Å²) in [5.41, 5.74) is 0. The SMILES string of the molecule is COC(=O)[C@H](C(C)C)N1CCC(CN2CCC(Oc3ccc(Cl)c(Cl)c3)CC2)CC1. The molecule has 0 saturated carbocycles. The molecule has 0 spiro atoms. The van der Waals surface area contributed by atoms with Crippen LogP contribution in [0.1, 0.15) is 39.5 Å². The molecule has 0 aromatic heterocycles. The molecule has 0 bridgehead atoms. The summed E-state index contributed by atoms with van der Waals surface area (Å²) in [6, 6.07) is 5.34. The van der Waals surface area contributed by atoms with Crippen molar-refractivity contribution in [2.24, 2.45) is 11.8 Å². The van der Waals surface area contributed by atoms with Gasteiger partial charge in [0.15, 0.2) is 0 Å². The third-order valence-electron chi connectivity index (χ3n) is 6.36. The van der Waals surface area contributed by atoms with E-state index in [4.69, 9.17) is 32.7 Å². The number of methoxy groups -OCH3 is 1. The van der Waals surface area contributed by atoms with Crippen LogP contribution in [0.2, 0.25) is 10.0 Å². The minimum atomic E-state index is -0.120. The average Bonchev–Trinajstić information content (AvgIpc) is 2.73. The number of esters is 1. The van der Waals surface area contributed by atoms with E-state index in [2.05, 4.69) is 23.6 Å². The molecule has 5 nitrogen and oxygen atoms in total. The van der Waals surface area contributed by atoms with Crippen LogP contribution in [0.3, 0.4) is 0 Å². The molecule has 1 atom stereocenters. The number of carbonyl (C=O) groups is 1.